The molecule has 0 bridgehead atoms. The first-order valence-corrected chi connectivity index (χ1v) is 8.75. The van der Waals surface area contributed by atoms with Crippen LogP contribution in [0.5, 0.6) is 0 Å². The molecule has 26 heavy (non-hydrogen) atoms. The number of methoxy groups -OCH3 is 1. The van der Waals surface area contributed by atoms with Crippen molar-refractivity contribution in [2.75, 3.05) is 7.11 Å². The van der Waals surface area contributed by atoms with Gasteiger partial charge < -0.3 is 15.0 Å². The van der Waals surface area contributed by atoms with Crippen LogP contribution >= 0.6 is 0 Å². The molecule has 1 amide bonds. The van der Waals surface area contributed by atoms with Crippen LogP contribution in [0.2, 0.25) is 0 Å². The quantitative estimate of drug-likeness (QED) is 0.702. The van der Waals surface area contributed by atoms with Crippen molar-refractivity contribution in [3.05, 3.63) is 40.4 Å². The summed E-state index contributed by atoms with van der Waals surface area (Å²) in [5.41, 5.74) is 0.455. The number of fused-ring (bicyclic) bond motifs is 1. The summed E-state index contributed by atoms with van der Waals surface area (Å²) >= 11 is 0. The van der Waals surface area contributed by atoms with Gasteiger partial charge in [-0.25, -0.2) is 9.78 Å². The van der Waals surface area contributed by atoms with Crippen LogP contribution in [0.1, 0.15) is 38.9 Å². The van der Waals surface area contributed by atoms with Crippen LogP contribution in [0.25, 0.3) is 10.9 Å². The number of aromatic nitrogens is 2. The third kappa shape index (κ3) is 5.40. The number of ether oxygens (including phenoxy) is 1. The Kier molecular flexibility index (Phi) is 6.89. The molecule has 1 atom stereocenters. The molecule has 0 fully saturated rings. The first-order chi connectivity index (χ1) is 12.4. The van der Waals surface area contributed by atoms with Gasteiger partial charge in [0.25, 0.3) is 5.56 Å². The van der Waals surface area contributed by atoms with Crippen LogP contribution in [0.4, 0.5) is 0 Å². The predicted molar refractivity (Wildman–Crippen MR) is 98.7 cm³/mol. The SMILES string of the molecule is COC(=O)C(CC(C)C)NC(=O)CCCc1nc2ccccc2c(=O)[nH]1. The fourth-order valence-corrected chi connectivity index (χ4v) is 2.76. The molecule has 0 radical (unpaired) electrons. The molecule has 1 aromatic carbocycles. The molecular weight excluding hydrogens is 334 g/mol. The average Bonchev–Trinajstić information content (AvgIpc) is 2.60. The first kappa shape index (κ1) is 19.6. The smallest absolute Gasteiger partial charge is 0.328 e. The number of hydrogen-bond donors (Lipinski definition) is 2. The summed E-state index contributed by atoms with van der Waals surface area (Å²) in [4.78, 5) is 43.1. The van der Waals surface area contributed by atoms with Crippen molar-refractivity contribution in [3.8, 4) is 0 Å². The Bertz CT molecular complexity index is 829. The number of H-pyrrole nitrogens is 1. The summed E-state index contributed by atoms with van der Waals surface area (Å²) in [5.74, 6) is 0.149. The van der Waals surface area contributed by atoms with E-state index in [1.165, 1.54) is 7.11 Å². The van der Waals surface area contributed by atoms with Gasteiger partial charge in [-0.05, 0) is 30.9 Å². The van der Waals surface area contributed by atoms with Gasteiger partial charge in [0, 0.05) is 12.8 Å². The van der Waals surface area contributed by atoms with E-state index in [-0.39, 0.29) is 23.8 Å². The second-order valence-corrected chi connectivity index (χ2v) is 6.66. The lowest BCUT2D eigenvalue weighted by Gasteiger charge is -2.18. The number of para-hydroxylation sites is 1. The number of aryl methyl sites for hydroxylation is 1. The zero-order chi connectivity index (χ0) is 19.1. The molecule has 1 aromatic heterocycles. The minimum absolute atomic E-state index is 0.183. The summed E-state index contributed by atoms with van der Waals surface area (Å²) in [5, 5.41) is 3.27. The topological polar surface area (TPSA) is 101 Å². The lowest BCUT2D eigenvalue weighted by molar-refractivity contribution is -0.145. The van der Waals surface area contributed by atoms with E-state index < -0.39 is 12.0 Å². The van der Waals surface area contributed by atoms with Gasteiger partial charge in [0.2, 0.25) is 5.91 Å². The molecule has 140 valence electrons. The summed E-state index contributed by atoms with van der Waals surface area (Å²) in [6.45, 7) is 3.95. The number of carbonyl (C=O) groups is 2. The summed E-state index contributed by atoms with van der Waals surface area (Å²) in [6.07, 6.45) is 1.75. The molecule has 0 aliphatic carbocycles. The van der Waals surface area contributed by atoms with Crippen LogP contribution in [-0.2, 0) is 20.7 Å². The molecule has 7 heteroatoms. The van der Waals surface area contributed by atoms with Gasteiger partial charge in [0.1, 0.15) is 11.9 Å². The van der Waals surface area contributed by atoms with Gasteiger partial charge in [-0.15, -0.1) is 0 Å². The van der Waals surface area contributed by atoms with E-state index >= 15 is 0 Å². The van der Waals surface area contributed by atoms with E-state index in [9.17, 15) is 14.4 Å². The highest BCUT2D eigenvalue weighted by molar-refractivity contribution is 5.84. The zero-order valence-corrected chi connectivity index (χ0v) is 15.4. The Morgan fingerprint density at radius 2 is 2.00 bits per heavy atom. The van der Waals surface area contributed by atoms with Crippen molar-refractivity contribution in [2.24, 2.45) is 5.92 Å². The Labute approximate surface area is 152 Å². The highest BCUT2D eigenvalue weighted by Crippen LogP contribution is 2.09. The molecule has 1 unspecified atom stereocenters. The predicted octanol–water partition coefficient (Wildman–Crippen LogP) is 1.95. The Morgan fingerprint density at radius 3 is 2.69 bits per heavy atom. The number of carbonyl (C=O) groups excluding carboxylic acids is 2. The minimum atomic E-state index is -0.633. The van der Waals surface area contributed by atoms with Crippen molar-refractivity contribution >= 4 is 22.8 Å². The molecular formula is C19H25N3O4. The van der Waals surface area contributed by atoms with E-state index in [0.29, 0.717) is 36.0 Å². The molecule has 1 heterocycles. The van der Waals surface area contributed by atoms with Crippen molar-refractivity contribution in [3.63, 3.8) is 0 Å². The average molecular weight is 359 g/mol. The molecule has 7 nitrogen and oxygen atoms in total. The van der Waals surface area contributed by atoms with Crippen molar-refractivity contribution in [1.82, 2.24) is 15.3 Å². The van der Waals surface area contributed by atoms with Crippen molar-refractivity contribution in [2.45, 2.75) is 45.6 Å². The number of nitrogens with one attached hydrogen (secondary N) is 2. The molecule has 2 rings (SSSR count). The second kappa shape index (κ2) is 9.12. The highest BCUT2D eigenvalue weighted by atomic mass is 16.5. The Morgan fingerprint density at radius 1 is 1.27 bits per heavy atom. The monoisotopic (exact) mass is 359 g/mol. The lowest BCUT2D eigenvalue weighted by atomic mass is 10.0. The third-order valence-corrected chi connectivity index (χ3v) is 4.01. The fraction of sp³-hybridized carbons (Fsp3) is 0.474. The van der Waals surface area contributed by atoms with Gasteiger partial charge in [0.15, 0.2) is 0 Å². The summed E-state index contributed by atoms with van der Waals surface area (Å²) in [7, 11) is 1.31. The third-order valence-electron chi connectivity index (χ3n) is 4.01. The largest absolute Gasteiger partial charge is 0.467 e. The van der Waals surface area contributed by atoms with Crippen LogP contribution in [-0.4, -0.2) is 35.0 Å². The molecule has 0 saturated heterocycles. The highest BCUT2D eigenvalue weighted by Gasteiger charge is 2.22. The van der Waals surface area contributed by atoms with Gasteiger partial charge >= 0.3 is 5.97 Å². The number of aromatic amines is 1. The normalized spacial score (nSPS) is 12.2. The van der Waals surface area contributed by atoms with E-state index in [0.717, 1.165) is 0 Å². The van der Waals surface area contributed by atoms with Crippen LogP contribution in [0, 0.1) is 5.92 Å². The second-order valence-electron chi connectivity index (χ2n) is 6.66. The number of hydrogen-bond acceptors (Lipinski definition) is 5. The first-order valence-electron chi connectivity index (χ1n) is 8.75. The maximum atomic E-state index is 12.1. The van der Waals surface area contributed by atoms with Gasteiger partial charge in [0.05, 0.1) is 18.0 Å². The fourth-order valence-electron chi connectivity index (χ4n) is 2.76. The Balaban J connectivity index is 1.91. The Hall–Kier alpha value is -2.70. The molecule has 0 saturated carbocycles. The molecule has 0 spiro atoms. The van der Waals surface area contributed by atoms with E-state index in [2.05, 4.69) is 15.3 Å². The van der Waals surface area contributed by atoms with Gasteiger partial charge in [-0.2, -0.15) is 0 Å². The molecule has 2 N–H and O–H groups in total. The van der Waals surface area contributed by atoms with E-state index in [1.54, 1.807) is 18.2 Å². The van der Waals surface area contributed by atoms with Crippen molar-refractivity contribution < 1.29 is 14.3 Å². The summed E-state index contributed by atoms with van der Waals surface area (Å²) < 4.78 is 4.74. The van der Waals surface area contributed by atoms with Crippen LogP contribution < -0.4 is 10.9 Å². The van der Waals surface area contributed by atoms with Crippen LogP contribution in [0.3, 0.4) is 0 Å². The minimum Gasteiger partial charge on any atom is -0.467 e. The number of amides is 1. The zero-order valence-electron chi connectivity index (χ0n) is 15.4. The standard InChI is InChI=1S/C19H25N3O4/c1-12(2)11-15(19(25)26-3)21-17(23)10-6-9-16-20-14-8-5-4-7-13(14)18(24)22-16/h4-5,7-8,12,15H,6,9-11H2,1-3H3,(H,21,23)(H,20,22,24). The molecule has 2 aromatic rings. The number of esters is 1. The number of nitrogens with zero attached hydrogens (tertiary/aromatic N) is 1. The van der Waals surface area contributed by atoms with E-state index in [1.807, 2.05) is 19.9 Å². The van der Waals surface area contributed by atoms with Crippen LogP contribution in [0.15, 0.2) is 29.1 Å². The van der Waals surface area contributed by atoms with Gasteiger partial charge in [-0.1, -0.05) is 26.0 Å². The lowest BCUT2D eigenvalue weighted by Crippen LogP contribution is -2.42. The summed E-state index contributed by atoms with van der Waals surface area (Å²) in [6, 6.07) is 6.49. The maximum absolute atomic E-state index is 12.1. The number of rotatable bonds is 8. The van der Waals surface area contributed by atoms with Gasteiger partial charge in [-0.3, -0.25) is 9.59 Å². The maximum Gasteiger partial charge on any atom is 0.328 e. The molecule has 0 aliphatic rings. The number of benzene rings is 1. The van der Waals surface area contributed by atoms with E-state index in [4.69, 9.17) is 4.74 Å². The van der Waals surface area contributed by atoms with Crippen molar-refractivity contribution in [1.29, 1.82) is 0 Å². The molecule has 0 aliphatic heterocycles.